The number of nitrogens with zero attached hydrogens (tertiary/aromatic N) is 4. The Labute approximate surface area is 223 Å². The van der Waals surface area contributed by atoms with Crippen molar-refractivity contribution in [1.82, 2.24) is 9.97 Å². The maximum absolute atomic E-state index is 13.9. The first kappa shape index (κ1) is 24.5. The number of halogens is 1. The third-order valence-electron chi connectivity index (χ3n) is 7.16. The molecule has 1 unspecified atom stereocenters. The van der Waals surface area contributed by atoms with E-state index in [1.807, 2.05) is 55.2 Å². The maximum Gasteiger partial charge on any atom is 0.302 e. The summed E-state index contributed by atoms with van der Waals surface area (Å²) in [5.74, 6) is -1.71. The number of likely N-dealkylation sites (N-methyl/N-ethyl adjacent to an activating group) is 1. The number of aliphatic hydroxyl groups excluding tert-OH is 1. The van der Waals surface area contributed by atoms with Gasteiger partial charge in [-0.05, 0) is 54.1 Å². The molecule has 0 bridgehead atoms. The highest BCUT2D eigenvalue weighted by Gasteiger charge is 2.48. The molecule has 0 radical (unpaired) electrons. The molecule has 9 nitrogen and oxygen atoms in total. The van der Waals surface area contributed by atoms with Crippen LogP contribution in [0.15, 0.2) is 66.2 Å². The van der Waals surface area contributed by atoms with Crippen LogP contribution in [-0.4, -0.2) is 61.1 Å². The van der Waals surface area contributed by atoms with Crippen LogP contribution >= 0.6 is 0 Å². The van der Waals surface area contributed by atoms with E-state index in [9.17, 15) is 19.1 Å². The molecule has 0 saturated carbocycles. The van der Waals surface area contributed by atoms with Crippen molar-refractivity contribution < 1.29 is 23.8 Å². The van der Waals surface area contributed by atoms with E-state index >= 15 is 0 Å². The lowest BCUT2D eigenvalue weighted by Crippen LogP contribution is -2.30. The zero-order valence-corrected chi connectivity index (χ0v) is 21.6. The van der Waals surface area contributed by atoms with Gasteiger partial charge in [-0.3, -0.25) is 14.5 Å². The van der Waals surface area contributed by atoms with Gasteiger partial charge in [0.25, 0.3) is 5.78 Å². The lowest BCUT2D eigenvalue weighted by molar-refractivity contribution is -0.132. The average molecular weight is 528 g/mol. The SMILES string of the molecule is CN(C)c1ccc(C2/C(=C(\O)c3ccc4c(c3)N(C)CCO4)C(=O)C(=O)N2c2nc3ccc(F)cc3[nH]2)cc1. The van der Waals surface area contributed by atoms with Gasteiger partial charge in [0.15, 0.2) is 0 Å². The highest BCUT2D eigenvalue weighted by atomic mass is 19.1. The number of H-pyrrole nitrogens is 1. The molecule has 1 atom stereocenters. The number of hydrogen-bond acceptors (Lipinski definition) is 7. The number of amides is 1. The number of hydrogen-bond donors (Lipinski definition) is 2. The Balaban J connectivity index is 1.53. The Morgan fingerprint density at radius 1 is 1.10 bits per heavy atom. The summed E-state index contributed by atoms with van der Waals surface area (Å²) in [7, 11) is 5.73. The number of ether oxygens (including phenoxy) is 1. The number of fused-ring (bicyclic) bond motifs is 2. The fraction of sp³-hybridized carbons (Fsp3) is 0.207. The molecule has 39 heavy (non-hydrogen) atoms. The Kier molecular flexibility index (Phi) is 5.75. The van der Waals surface area contributed by atoms with Gasteiger partial charge in [-0.1, -0.05) is 12.1 Å². The second-order valence-corrected chi connectivity index (χ2v) is 9.83. The molecule has 1 saturated heterocycles. The number of ketones is 1. The van der Waals surface area contributed by atoms with Gasteiger partial charge < -0.3 is 24.6 Å². The van der Waals surface area contributed by atoms with E-state index in [1.54, 1.807) is 18.2 Å². The van der Waals surface area contributed by atoms with Crippen LogP contribution < -0.4 is 19.4 Å². The number of nitrogens with one attached hydrogen (secondary N) is 1. The molecule has 2 N–H and O–H groups in total. The first-order valence-electron chi connectivity index (χ1n) is 12.4. The second kappa shape index (κ2) is 9.16. The van der Waals surface area contributed by atoms with Crippen molar-refractivity contribution in [1.29, 1.82) is 0 Å². The molecule has 2 aliphatic rings. The number of aromatic nitrogens is 2. The molecule has 0 spiro atoms. The zero-order chi connectivity index (χ0) is 27.4. The highest BCUT2D eigenvalue weighted by Crippen LogP contribution is 2.43. The van der Waals surface area contributed by atoms with E-state index < -0.39 is 23.5 Å². The molecular formula is C29H26FN5O4. The van der Waals surface area contributed by atoms with Gasteiger partial charge in [0.2, 0.25) is 5.95 Å². The van der Waals surface area contributed by atoms with Crippen LogP contribution in [0.1, 0.15) is 17.2 Å². The molecule has 0 aliphatic carbocycles. The molecule has 198 valence electrons. The molecule has 1 amide bonds. The summed E-state index contributed by atoms with van der Waals surface area (Å²) in [5, 5.41) is 11.5. The first-order chi connectivity index (χ1) is 18.7. The quantitative estimate of drug-likeness (QED) is 0.233. The smallest absolute Gasteiger partial charge is 0.302 e. The highest BCUT2D eigenvalue weighted by molar-refractivity contribution is 6.51. The van der Waals surface area contributed by atoms with Gasteiger partial charge in [-0.15, -0.1) is 0 Å². The molecular weight excluding hydrogens is 501 g/mol. The van der Waals surface area contributed by atoms with Crippen molar-refractivity contribution >= 4 is 45.8 Å². The normalized spacial score (nSPS) is 18.4. The van der Waals surface area contributed by atoms with Gasteiger partial charge >= 0.3 is 5.91 Å². The summed E-state index contributed by atoms with van der Waals surface area (Å²) in [6, 6.07) is 15.6. The number of anilines is 3. The average Bonchev–Trinajstić information content (AvgIpc) is 3.46. The number of benzene rings is 3. The van der Waals surface area contributed by atoms with Crippen molar-refractivity contribution in [2.75, 3.05) is 49.0 Å². The van der Waals surface area contributed by atoms with Crippen molar-refractivity contribution in [2.45, 2.75) is 6.04 Å². The van der Waals surface area contributed by atoms with E-state index in [2.05, 4.69) is 9.97 Å². The Morgan fingerprint density at radius 3 is 2.62 bits per heavy atom. The minimum absolute atomic E-state index is 0.0661. The molecule has 3 aromatic carbocycles. The van der Waals surface area contributed by atoms with Gasteiger partial charge in [0.05, 0.1) is 34.9 Å². The predicted molar refractivity (Wildman–Crippen MR) is 147 cm³/mol. The van der Waals surface area contributed by atoms with Crippen LogP contribution in [0, 0.1) is 5.82 Å². The van der Waals surface area contributed by atoms with Crippen LogP contribution in [-0.2, 0) is 9.59 Å². The predicted octanol–water partition coefficient (Wildman–Crippen LogP) is 4.22. The summed E-state index contributed by atoms with van der Waals surface area (Å²) in [5.41, 5.74) is 3.43. The van der Waals surface area contributed by atoms with E-state index in [1.165, 1.54) is 23.1 Å². The number of aliphatic hydroxyl groups is 1. The number of carbonyl (C=O) groups excluding carboxylic acids is 2. The van der Waals surface area contributed by atoms with Gasteiger partial charge in [0, 0.05) is 32.4 Å². The van der Waals surface area contributed by atoms with Crippen LogP contribution in [0.4, 0.5) is 21.7 Å². The molecule has 3 heterocycles. The number of rotatable bonds is 4. The minimum Gasteiger partial charge on any atom is -0.507 e. The standard InChI is InChI=1S/C29H26FN5O4/c1-33(2)19-8-4-16(5-9-19)25-24(26(36)17-6-11-23-22(14-17)34(3)12-13-39-23)27(37)28(38)35(25)29-31-20-10-7-18(30)15-21(20)32-29/h4-11,14-15,25,36H,12-13H2,1-3H3,(H,31,32)/b26-24+. The Bertz CT molecular complexity index is 1660. The van der Waals surface area contributed by atoms with E-state index in [4.69, 9.17) is 4.74 Å². The lowest BCUT2D eigenvalue weighted by atomic mass is 9.95. The van der Waals surface area contributed by atoms with E-state index in [-0.39, 0.29) is 17.3 Å². The number of Topliss-reactive ketones (excluding diaryl/α,β-unsaturated/α-hetero) is 1. The third kappa shape index (κ3) is 4.04. The Morgan fingerprint density at radius 2 is 1.87 bits per heavy atom. The van der Waals surface area contributed by atoms with Crippen LogP contribution in [0.5, 0.6) is 5.75 Å². The van der Waals surface area contributed by atoms with E-state index in [0.717, 1.165) is 11.4 Å². The lowest BCUT2D eigenvalue weighted by Gasteiger charge is -2.28. The fourth-order valence-corrected chi connectivity index (χ4v) is 5.06. The van der Waals surface area contributed by atoms with Crippen LogP contribution in [0.3, 0.4) is 0 Å². The third-order valence-corrected chi connectivity index (χ3v) is 7.16. The molecule has 6 rings (SSSR count). The van der Waals surface area contributed by atoms with Gasteiger partial charge in [-0.2, -0.15) is 0 Å². The van der Waals surface area contributed by atoms with Gasteiger partial charge in [-0.25, -0.2) is 9.37 Å². The van der Waals surface area contributed by atoms with Crippen molar-refractivity contribution in [2.24, 2.45) is 0 Å². The van der Waals surface area contributed by atoms with E-state index in [0.29, 0.717) is 41.1 Å². The molecule has 4 aromatic rings. The fourth-order valence-electron chi connectivity index (χ4n) is 5.06. The first-order valence-corrected chi connectivity index (χ1v) is 12.4. The van der Waals surface area contributed by atoms with Crippen molar-refractivity contribution in [3.05, 3.63) is 83.2 Å². The second-order valence-electron chi connectivity index (χ2n) is 9.83. The van der Waals surface area contributed by atoms with Crippen molar-refractivity contribution in [3.63, 3.8) is 0 Å². The Hall–Kier alpha value is -4.86. The van der Waals surface area contributed by atoms with Crippen LogP contribution in [0.2, 0.25) is 0 Å². The van der Waals surface area contributed by atoms with Crippen LogP contribution in [0.25, 0.3) is 16.8 Å². The van der Waals surface area contributed by atoms with Crippen molar-refractivity contribution in [3.8, 4) is 5.75 Å². The number of imidazole rings is 1. The largest absolute Gasteiger partial charge is 0.507 e. The summed E-state index contributed by atoms with van der Waals surface area (Å²) in [6.45, 7) is 1.22. The molecule has 1 fully saturated rings. The summed E-state index contributed by atoms with van der Waals surface area (Å²) in [6.07, 6.45) is 0. The zero-order valence-electron chi connectivity index (χ0n) is 21.6. The number of carbonyl (C=O) groups is 2. The summed E-state index contributed by atoms with van der Waals surface area (Å²) < 4.78 is 19.6. The topological polar surface area (TPSA) is 102 Å². The number of aromatic amines is 1. The van der Waals surface area contributed by atoms with Gasteiger partial charge in [0.1, 0.15) is 23.9 Å². The summed E-state index contributed by atoms with van der Waals surface area (Å²) >= 11 is 0. The minimum atomic E-state index is -0.975. The molecule has 10 heteroatoms. The molecule has 1 aromatic heterocycles. The summed E-state index contributed by atoms with van der Waals surface area (Å²) in [4.78, 5) is 39.6. The monoisotopic (exact) mass is 527 g/mol. The maximum atomic E-state index is 13.9. The molecule has 2 aliphatic heterocycles.